The van der Waals surface area contributed by atoms with E-state index >= 15 is 0 Å². The van der Waals surface area contributed by atoms with Crippen LogP contribution in [0.1, 0.15) is 39.2 Å². The van der Waals surface area contributed by atoms with Gasteiger partial charge in [-0.15, -0.1) is 0 Å². The Kier molecular flexibility index (Phi) is 6.77. The van der Waals surface area contributed by atoms with Crippen molar-refractivity contribution in [3.05, 3.63) is 22.7 Å². The van der Waals surface area contributed by atoms with Gasteiger partial charge in [0.15, 0.2) is 11.5 Å². The largest absolute Gasteiger partial charge is 0.486 e. The molecule has 0 radical (unpaired) electrons. The van der Waals surface area contributed by atoms with E-state index in [0.29, 0.717) is 55.8 Å². The summed E-state index contributed by atoms with van der Waals surface area (Å²) in [4.78, 5) is 26.5. The standard InChI is InChI=1S/C21H29ClN2O5/c1-21(2,3)29-20(26)24-8-4-5-15(13-24)19(25)23-7-6-14-11-16(22)18-17(12-14)27-9-10-28-18/h11-12,15H,4-10,13H2,1-3H3,(H,23,25). The van der Waals surface area contributed by atoms with E-state index in [9.17, 15) is 9.59 Å². The van der Waals surface area contributed by atoms with Crippen LogP contribution in [0.5, 0.6) is 11.5 Å². The summed E-state index contributed by atoms with van der Waals surface area (Å²) in [5.74, 6) is 0.961. The van der Waals surface area contributed by atoms with Gasteiger partial charge in [0.1, 0.15) is 18.8 Å². The highest BCUT2D eigenvalue weighted by molar-refractivity contribution is 6.32. The van der Waals surface area contributed by atoms with E-state index in [2.05, 4.69) is 5.32 Å². The Balaban J connectivity index is 1.49. The summed E-state index contributed by atoms with van der Waals surface area (Å²) < 4.78 is 16.5. The number of piperidine rings is 1. The molecule has 1 saturated heterocycles. The number of hydrogen-bond acceptors (Lipinski definition) is 5. The lowest BCUT2D eigenvalue weighted by Crippen LogP contribution is -2.47. The van der Waals surface area contributed by atoms with Gasteiger partial charge >= 0.3 is 6.09 Å². The topological polar surface area (TPSA) is 77.1 Å². The molecule has 0 spiro atoms. The van der Waals surface area contributed by atoms with E-state index in [-0.39, 0.29) is 17.9 Å². The van der Waals surface area contributed by atoms with Gasteiger partial charge in [0.2, 0.25) is 5.91 Å². The fraction of sp³-hybridized carbons (Fsp3) is 0.619. The van der Waals surface area contributed by atoms with Crippen molar-refractivity contribution in [3.8, 4) is 11.5 Å². The number of carbonyl (C=O) groups is 2. The molecule has 2 aliphatic rings. The summed E-state index contributed by atoms with van der Waals surface area (Å²) in [6.45, 7) is 7.99. The molecule has 1 aromatic carbocycles. The zero-order chi connectivity index (χ0) is 21.0. The molecule has 1 aromatic rings. The monoisotopic (exact) mass is 424 g/mol. The van der Waals surface area contributed by atoms with Crippen molar-refractivity contribution >= 4 is 23.6 Å². The molecule has 1 atom stereocenters. The van der Waals surface area contributed by atoms with Crippen molar-refractivity contribution in [1.29, 1.82) is 0 Å². The van der Waals surface area contributed by atoms with Crippen molar-refractivity contribution in [2.75, 3.05) is 32.8 Å². The van der Waals surface area contributed by atoms with Gasteiger partial charge in [0, 0.05) is 19.6 Å². The number of halogens is 1. The second-order valence-electron chi connectivity index (χ2n) is 8.41. The first-order chi connectivity index (χ1) is 13.7. The van der Waals surface area contributed by atoms with Crippen LogP contribution in [-0.2, 0) is 16.0 Å². The lowest BCUT2D eigenvalue weighted by molar-refractivity contribution is -0.126. The van der Waals surface area contributed by atoms with Crippen LogP contribution in [0.2, 0.25) is 5.02 Å². The van der Waals surface area contributed by atoms with Gasteiger partial charge in [-0.2, -0.15) is 0 Å². The predicted octanol–water partition coefficient (Wildman–Crippen LogP) is 3.42. The summed E-state index contributed by atoms with van der Waals surface area (Å²) in [6.07, 6.45) is 1.82. The maximum atomic E-state index is 12.6. The number of amides is 2. The molecule has 0 aliphatic carbocycles. The van der Waals surface area contributed by atoms with Crippen LogP contribution < -0.4 is 14.8 Å². The summed E-state index contributed by atoms with van der Waals surface area (Å²) in [7, 11) is 0. The van der Waals surface area contributed by atoms with Gasteiger partial charge in [-0.05, 0) is 57.7 Å². The average molecular weight is 425 g/mol. The molecule has 8 heteroatoms. The first-order valence-corrected chi connectivity index (χ1v) is 10.4. The molecular formula is C21H29ClN2O5. The molecule has 2 heterocycles. The second kappa shape index (κ2) is 9.11. The maximum Gasteiger partial charge on any atom is 0.410 e. The molecule has 1 fully saturated rings. The van der Waals surface area contributed by atoms with Gasteiger partial charge in [-0.1, -0.05) is 11.6 Å². The first-order valence-electron chi connectivity index (χ1n) is 10.1. The number of carbonyl (C=O) groups excluding carboxylic acids is 2. The summed E-state index contributed by atoms with van der Waals surface area (Å²) >= 11 is 6.26. The molecule has 160 valence electrons. The number of likely N-dealkylation sites (tertiary alicyclic amines) is 1. The van der Waals surface area contributed by atoms with Crippen LogP contribution in [-0.4, -0.2) is 55.3 Å². The highest BCUT2D eigenvalue weighted by Crippen LogP contribution is 2.38. The molecule has 3 rings (SSSR count). The van der Waals surface area contributed by atoms with Crippen LogP contribution in [0, 0.1) is 5.92 Å². The third-order valence-electron chi connectivity index (χ3n) is 4.81. The number of fused-ring (bicyclic) bond motifs is 1. The molecule has 0 bridgehead atoms. The Labute approximate surface area is 176 Å². The van der Waals surface area contributed by atoms with E-state index in [1.54, 1.807) is 4.90 Å². The smallest absolute Gasteiger partial charge is 0.410 e. The van der Waals surface area contributed by atoms with E-state index in [1.165, 1.54) is 0 Å². The van der Waals surface area contributed by atoms with Crippen LogP contribution in [0.15, 0.2) is 12.1 Å². The van der Waals surface area contributed by atoms with E-state index in [0.717, 1.165) is 18.4 Å². The number of nitrogens with one attached hydrogen (secondary N) is 1. The van der Waals surface area contributed by atoms with E-state index in [1.807, 2.05) is 32.9 Å². The quantitative estimate of drug-likeness (QED) is 0.801. The predicted molar refractivity (Wildman–Crippen MR) is 110 cm³/mol. The maximum absolute atomic E-state index is 12.6. The molecule has 29 heavy (non-hydrogen) atoms. The zero-order valence-corrected chi connectivity index (χ0v) is 18.0. The molecule has 7 nitrogen and oxygen atoms in total. The Bertz CT molecular complexity index is 762. The van der Waals surface area contributed by atoms with Gasteiger partial charge in [0.25, 0.3) is 0 Å². The van der Waals surface area contributed by atoms with Gasteiger partial charge in [-0.25, -0.2) is 4.79 Å². The number of rotatable bonds is 4. The van der Waals surface area contributed by atoms with Crippen LogP contribution in [0.3, 0.4) is 0 Å². The molecule has 0 saturated carbocycles. The average Bonchev–Trinajstić information content (AvgIpc) is 2.67. The molecular weight excluding hydrogens is 396 g/mol. The third-order valence-corrected chi connectivity index (χ3v) is 5.09. The number of nitrogens with zero attached hydrogens (tertiary/aromatic N) is 1. The number of ether oxygens (including phenoxy) is 3. The summed E-state index contributed by atoms with van der Waals surface area (Å²) in [6, 6.07) is 3.74. The Morgan fingerprint density at radius 2 is 2.03 bits per heavy atom. The van der Waals surface area contributed by atoms with Gasteiger partial charge < -0.3 is 24.4 Å². The minimum Gasteiger partial charge on any atom is -0.486 e. The fourth-order valence-corrected chi connectivity index (χ4v) is 3.75. The molecule has 2 aliphatic heterocycles. The minimum atomic E-state index is -0.544. The fourth-order valence-electron chi connectivity index (χ4n) is 3.47. The van der Waals surface area contributed by atoms with E-state index in [4.69, 9.17) is 25.8 Å². The van der Waals surface area contributed by atoms with Crippen molar-refractivity contribution in [1.82, 2.24) is 10.2 Å². The van der Waals surface area contributed by atoms with Gasteiger partial charge in [-0.3, -0.25) is 4.79 Å². The normalized spacial score (nSPS) is 18.9. The number of benzene rings is 1. The van der Waals surface area contributed by atoms with Gasteiger partial charge in [0.05, 0.1) is 10.9 Å². The van der Waals surface area contributed by atoms with Crippen molar-refractivity contribution < 1.29 is 23.8 Å². The molecule has 2 amide bonds. The molecule has 0 aromatic heterocycles. The van der Waals surface area contributed by atoms with Crippen molar-refractivity contribution in [2.24, 2.45) is 5.92 Å². The Morgan fingerprint density at radius 1 is 1.28 bits per heavy atom. The summed E-state index contributed by atoms with van der Waals surface area (Å²) in [5, 5.41) is 3.49. The van der Waals surface area contributed by atoms with E-state index < -0.39 is 5.60 Å². The van der Waals surface area contributed by atoms with Crippen LogP contribution in [0.4, 0.5) is 4.79 Å². The Hall–Kier alpha value is -2.15. The SMILES string of the molecule is CC(C)(C)OC(=O)N1CCCC(C(=O)NCCc2cc(Cl)c3c(c2)OCCO3)C1. The highest BCUT2D eigenvalue weighted by Gasteiger charge is 2.30. The summed E-state index contributed by atoms with van der Waals surface area (Å²) in [5.41, 5.74) is 0.426. The second-order valence-corrected chi connectivity index (χ2v) is 8.82. The molecule has 1 unspecified atom stereocenters. The first kappa shape index (κ1) is 21.6. The number of hydrogen-bond donors (Lipinski definition) is 1. The third kappa shape index (κ3) is 5.92. The highest BCUT2D eigenvalue weighted by atomic mass is 35.5. The van der Waals surface area contributed by atoms with Crippen LogP contribution >= 0.6 is 11.6 Å². The van der Waals surface area contributed by atoms with Crippen molar-refractivity contribution in [3.63, 3.8) is 0 Å². The molecule has 1 N–H and O–H groups in total. The van der Waals surface area contributed by atoms with Crippen molar-refractivity contribution in [2.45, 2.75) is 45.6 Å². The Morgan fingerprint density at radius 3 is 2.79 bits per heavy atom. The minimum absolute atomic E-state index is 0.0399. The van der Waals surface area contributed by atoms with Crippen LogP contribution in [0.25, 0.3) is 0 Å². The lowest BCUT2D eigenvalue weighted by Gasteiger charge is -2.33. The zero-order valence-electron chi connectivity index (χ0n) is 17.3. The lowest BCUT2D eigenvalue weighted by atomic mass is 9.97.